The molecule has 1 aromatic heterocycles. The van der Waals surface area contributed by atoms with Crippen molar-refractivity contribution in [2.45, 2.75) is 26.7 Å². The molecule has 0 aliphatic rings. The molecule has 0 radical (unpaired) electrons. The van der Waals surface area contributed by atoms with Crippen molar-refractivity contribution in [2.24, 2.45) is 0 Å². The highest BCUT2D eigenvalue weighted by Gasteiger charge is 2.10. The van der Waals surface area contributed by atoms with Gasteiger partial charge in [-0.25, -0.2) is 4.98 Å². The molecule has 0 atom stereocenters. The Bertz CT molecular complexity index is 926. The fraction of sp³-hybridized carbons (Fsp3) is 0.211. The largest absolute Gasteiger partial charge is 0.342 e. The number of carbonyl (C=O) groups is 2. The van der Waals surface area contributed by atoms with Crippen LogP contribution in [0.1, 0.15) is 42.9 Å². The molecule has 0 unspecified atom stereocenters. The van der Waals surface area contributed by atoms with E-state index in [2.05, 4.69) is 34.4 Å². The van der Waals surface area contributed by atoms with Crippen molar-refractivity contribution in [2.75, 3.05) is 10.6 Å². The first-order valence-corrected chi connectivity index (χ1v) is 8.11. The van der Waals surface area contributed by atoms with Gasteiger partial charge in [0.05, 0.1) is 11.0 Å². The number of hydrogen-bond donors (Lipinski definition) is 3. The number of nitrogens with zero attached hydrogens (tertiary/aromatic N) is 1. The summed E-state index contributed by atoms with van der Waals surface area (Å²) in [5.74, 6) is 0.878. The SMILES string of the molecule is CC(=O)Nc1ccc(C(=O)Nc2ccc3nc(C(C)C)[nH]c3c2)cc1. The van der Waals surface area contributed by atoms with Crippen LogP contribution < -0.4 is 10.6 Å². The Hall–Kier alpha value is -3.15. The first-order valence-electron chi connectivity index (χ1n) is 8.11. The van der Waals surface area contributed by atoms with Crippen molar-refractivity contribution in [1.82, 2.24) is 9.97 Å². The van der Waals surface area contributed by atoms with E-state index >= 15 is 0 Å². The fourth-order valence-electron chi connectivity index (χ4n) is 2.49. The molecule has 3 rings (SSSR count). The molecule has 6 nitrogen and oxygen atoms in total. The van der Waals surface area contributed by atoms with E-state index in [1.54, 1.807) is 24.3 Å². The lowest BCUT2D eigenvalue weighted by Gasteiger charge is -2.07. The predicted octanol–water partition coefficient (Wildman–Crippen LogP) is 3.90. The van der Waals surface area contributed by atoms with E-state index in [1.807, 2.05) is 18.2 Å². The van der Waals surface area contributed by atoms with E-state index < -0.39 is 0 Å². The zero-order chi connectivity index (χ0) is 18.0. The van der Waals surface area contributed by atoms with Crippen LogP contribution in [0.5, 0.6) is 0 Å². The lowest BCUT2D eigenvalue weighted by atomic mass is 10.2. The van der Waals surface area contributed by atoms with Gasteiger partial charge in [0.25, 0.3) is 5.91 Å². The zero-order valence-corrected chi connectivity index (χ0v) is 14.4. The molecule has 25 heavy (non-hydrogen) atoms. The molecule has 2 aromatic carbocycles. The minimum Gasteiger partial charge on any atom is -0.342 e. The second-order valence-electron chi connectivity index (χ2n) is 6.22. The second kappa shape index (κ2) is 6.76. The van der Waals surface area contributed by atoms with Gasteiger partial charge in [-0.1, -0.05) is 13.8 Å². The van der Waals surface area contributed by atoms with Gasteiger partial charge in [-0.15, -0.1) is 0 Å². The number of nitrogens with one attached hydrogen (secondary N) is 3. The number of rotatable bonds is 4. The summed E-state index contributed by atoms with van der Waals surface area (Å²) in [6.45, 7) is 5.59. The summed E-state index contributed by atoms with van der Waals surface area (Å²) in [6.07, 6.45) is 0. The predicted molar refractivity (Wildman–Crippen MR) is 98.9 cm³/mol. The Morgan fingerprint density at radius 3 is 2.32 bits per heavy atom. The van der Waals surface area contributed by atoms with E-state index in [0.29, 0.717) is 22.9 Å². The molecular formula is C19H20N4O2. The molecular weight excluding hydrogens is 316 g/mol. The third-order valence-electron chi connectivity index (χ3n) is 3.77. The minimum atomic E-state index is -0.211. The molecule has 0 fully saturated rings. The molecule has 0 aliphatic carbocycles. The summed E-state index contributed by atoms with van der Waals surface area (Å²) in [5.41, 5.74) is 3.64. The number of amides is 2. The molecule has 0 bridgehead atoms. The maximum Gasteiger partial charge on any atom is 0.255 e. The molecule has 0 saturated heterocycles. The monoisotopic (exact) mass is 336 g/mol. The fourth-order valence-corrected chi connectivity index (χ4v) is 2.49. The van der Waals surface area contributed by atoms with E-state index in [-0.39, 0.29) is 11.8 Å². The third kappa shape index (κ3) is 3.85. The van der Waals surface area contributed by atoms with Crippen LogP contribution in [0.25, 0.3) is 11.0 Å². The Morgan fingerprint density at radius 2 is 1.68 bits per heavy atom. The molecule has 0 aliphatic heterocycles. The van der Waals surface area contributed by atoms with E-state index in [0.717, 1.165) is 16.9 Å². The average molecular weight is 336 g/mol. The maximum atomic E-state index is 12.4. The van der Waals surface area contributed by atoms with Crippen LogP contribution in [-0.4, -0.2) is 21.8 Å². The quantitative estimate of drug-likeness (QED) is 0.675. The van der Waals surface area contributed by atoms with Gasteiger partial charge in [0.15, 0.2) is 0 Å². The van der Waals surface area contributed by atoms with Crippen molar-refractivity contribution in [3.05, 3.63) is 53.9 Å². The maximum absolute atomic E-state index is 12.4. The molecule has 3 aromatic rings. The van der Waals surface area contributed by atoms with Gasteiger partial charge in [0.2, 0.25) is 5.91 Å². The van der Waals surface area contributed by atoms with Gasteiger partial charge >= 0.3 is 0 Å². The minimum absolute atomic E-state index is 0.147. The number of hydrogen-bond acceptors (Lipinski definition) is 3. The van der Waals surface area contributed by atoms with Crippen LogP contribution in [0.4, 0.5) is 11.4 Å². The Morgan fingerprint density at radius 1 is 1.00 bits per heavy atom. The van der Waals surface area contributed by atoms with Crippen LogP contribution in [0.3, 0.4) is 0 Å². The zero-order valence-electron chi connectivity index (χ0n) is 14.4. The summed E-state index contributed by atoms with van der Waals surface area (Å²) in [5, 5.41) is 5.55. The standard InChI is InChI=1S/C19H20N4O2/c1-11(2)18-22-16-9-8-15(10-17(16)23-18)21-19(25)13-4-6-14(7-5-13)20-12(3)24/h4-11H,1-3H3,(H,20,24)(H,21,25)(H,22,23). The summed E-state index contributed by atoms with van der Waals surface area (Å²) in [4.78, 5) is 31.2. The van der Waals surface area contributed by atoms with Crippen molar-refractivity contribution in [1.29, 1.82) is 0 Å². The summed E-state index contributed by atoms with van der Waals surface area (Å²) in [7, 11) is 0. The number of H-pyrrole nitrogens is 1. The summed E-state index contributed by atoms with van der Waals surface area (Å²) in [6, 6.07) is 12.3. The molecule has 0 spiro atoms. The third-order valence-corrected chi connectivity index (χ3v) is 3.77. The lowest BCUT2D eigenvalue weighted by molar-refractivity contribution is -0.114. The van der Waals surface area contributed by atoms with Crippen LogP contribution in [0.15, 0.2) is 42.5 Å². The topological polar surface area (TPSA) is 86.9 Å². The summed E-state index contributed by atoms with van der Waals surface area (Å²) < 4.78 is 0. The first-order chi connectivity index (χ1) is 11.9. The average Bonchev–Trinajstić information content (AvgIpc) is 2.98. The highest BCUT2D eigenvalue weighted by molar-refractivity contribution is 6.05. The van der Waals surface area contributed by atoms with Gasteiger partial charge in [0, 0.05) is 29.8 Å². The van der Waals surface area contributed by atoms with Crippen molar-refractivity contribution >= 4 is 34.2 Å². The normalized spacial score (nSPS) is 10.9. The molecule has 3 N–H and O–H groups in total. The Kier molecular flexibility index (Phi) is 4.52. The number of anilines is 2. The smallest absolute Gasteiger partial charge is 0.255 e. The van der Waals surface area contributed by atoms with Crippen LogP contribution in [0.2, 0.25) is 0 Å². The van der Waals surface area contributed by atoms with Crippen molar-refractivity contribution in [3.8, 4) is 0 Å². The Labute approximate surface area is 145 Å². The number of fused-ring (bicyclic) bond motifs is 1. The molecule has 2 amide bonds. The summed E-state index contributed by atoms with van der Waals surface area (Å²) >= 11 is 0. The van der Waals surface area contributed by atoms with Gasteiger partial charge in [0.1, 0.15) is 5.82 Å². The molecule has 128 valence electrons. The van der Waals surface area contributed by atoms with Gasteiger partial charge < -0.3 is 15.6 Å². The molecule has 1 heterocycles. The molecule has 0 saturated carbocycles. The number of aromatic nitrogens is 2. The van der Waals surface area contributed by atoms with E-state index in [1.165, 1.54) is 6.92 Å². The van der Waals surface area contributed by atoms with Gasteiger partial charge in [-0.3, -0.25) is 9.59 Å². The molecule has 6 heteroatoms. The van der Waals surface area contributed by atoms with Crippen LogP contribution in [0, 0.1) is 0 Å². The highest BCUT2D eigenvalue weighted by atomic mass is 16.2. The number of aromatic amines is 1. The highest BCUT2D eigenvalue weighted by Crippen LogP contribution is 2.21. The van der Waals surface area contributed by atoms with Crippen LogP contribution >= 0.6 is 0 Å². The first kappa shape index (κ1) is 16.7. The van der Waals surface area contributed by atoms with Gasteiger partial charge in [-0.2, -0.15) is 0 Å². The van der Waals surface area contributed by atoms with Crippen LogP contribution in [-0.2, 0) is 4.79 Å². The van der Waals surface area contributed by atoms with E-state index in [4.69, 9.17) is 0 Å². The number of carbonyl (C=O) groups excluding carboxylic acids is 2. The van der Waals surface area contributed by atoms with Crippen molar-refractivity contribution < 1.29 is 9.59 Å². The second-order valence-corrected chi connectivity index (χ2v) is 6.22. The van der Waals surface area contributed by atoms with Crippen molar-refractivity contribution in [3.63, 3.8) is 0 Å². The number of imidazole rings is 1. The number of benzene rings is 2. The Balaban J connectivity index is 1.75. The van der Waals surface area contributed by atoms with E-state index in [9.17, 15) is 9.59 Å². The van der Waals surface area contributed by atoms with Gasteiger partial charge in [-0.05, 0) is 42.5 Å². The lowest BCUT2D eigenvalue weighted by Crippen LogP contribution is -2.12.